The minimum absolute atomic E-state index is 0.0536. The number of carbonyl (C=O) groups is 3. The highest BCUT2D eigenvalue weighted by Crippen LogP contribution is 2.26. The van der Waals surface area contributed by atoms with Gasteiger partial charge in [0, 0.05) is 36.6 Å². The fourth-order valence-corrected chi connectivity index (χ4v) is 4.73. The standard InChI is InChI=1S/C18H22BrN3O5S/c1-28(26,27)21-9-6-13(7-10-21)20-16(23)3-2-8-22-17(24)14-5-4-12(19)11-15(14)18(22)25/h4-5,11,13H,2-3,6-10H2,1H3,(H,20,23). The summed E-state index contributed by atoms with van der Waals surface area (Å²) in [4.78, 5) is 38.1. The van der Waals surface area contributed by atoms with Gasteiger partial charge in [0.25, 0.3) is 11.8 Å². The summed E-state index contributed by atoms with van der Waals surface area (Å²) < 4.78 is 25.2. The van der Waals surface area contributed by atoms with Gasteiger partial charge in [-0.2, -0.15) is 0 Å². The van der Waals surface area contributed by atoms with Gasteiger partial charge in [-0.25, -0.2) is 12.7 Å². The van der Waals surface area contributed by atoms with Crippen molar-refractivity contribution in [3.8, 4) is 0 Å². The molecule has 8 nitrogen and oxygen atoms in total. The van der Waals surface area contributed by atoms with Gasteiger partial charge in [0.2, 0.25) is 15.9 Å². The van der Waals surface area contributed by atoms with Crippen LogP contribution >= 0.6 is 15.9 Å². The Labute approximate surface area is 172 Å². The second kappa shape index (κ2) is 8.30. The lowest BCUT2D eigenvalue weighted by molar-refractivity contribution is -0.122. The molecule has 0 aromatic heterocycles. The van der Waals surface area contributed by atoms with E-state index in [9.17, 15) is 22.8 Å². The summed E-state index contributed by atoms with van der Waals surface area (Å²) in [6.45, 7) is 0.979. The van der Waals surface area contributed by atoms with Crippen molar-refractivity contribution in [2.45, 2.75) is 31.7 Å². The van der Waals surface area contributed by atoms with Crippen molar-refractivity contribution in [1.82, 2.24) is 14.5 Å². The molecule has 0 saturated carbocycles. The quantitative estimate of drug-likeness (QED) is 0.630. The van der Waals surface area contributed by atoms with Crippen LogP contribution in [0.1, 0.15) is 46.4 Å². The molecule has 152 valence electrons. The molecule has 0 atom stereocenters. The van der Waals surface area contributed by atoms with Gasteiger partial charge in [0.1, 0.15) is 0 Å². The number of nitrogens with one attached hydrogen (secondary N) is 1. The van der Waals surface area contributed by atoms with Crippen molar-refractivity contribution in [1.29, 1.82) is 0 Å². The van der Waals surface area contributed by atoms with E-state index in [1.807, 2.05) is 0 Å². The zero-order chi connectivity index (χ0) is 20.5. The van der Waals surface area contributed by atoms with Gasteiger partial charge >= 0.3 is 0 Å². The molecule has 1 N–H and O–H groups in total. The van der Waals surface area contributed by atoms with Crippen LogP contribution in [0.15, 0.2) is 22.7 Å². The molecule has 0 radical (unpaired) electrons. The number of hydrogen-bond donors (Lipinski definition) is 1. The Hall–Kier alpha value is -1.78. The molecule has 0 aliphatic carbocycles. The van der Waals surface area contributed by atoms with E-state index in [-0.39, 0.29) is 36.7 Å². The van der Waals surface area contributed by atoms with Crippen molar-refractivity contribution in [2.75, 3.05) is 25.9 Å². The van der Waals surface area contributed by atoms with Gasteiger partial charge < -0.3 is 5.32 Å². The number of nitrogens with zero attached hydrogens (tertiary/aromatic N) is 2. The number of piperidine rings is 1. The van der Waals surface area contributed by atoms with Crippen LogP contribution in [0.5, 0.6) is 0 Å². The van der Waals surface area contributed by atoms with E-state index in [1.54, 1.807) is 18.2 Å². The highest BCUT2D eigenvalue weighted by atomic mass is 79.9. The van der Waals surface area contributed by atoms with Gasteiger partial charge in [-0.3, -0.25) is 19.3 Å². The summed E-state index contributed by atoms with van der Waals surface area (Å²) in [7, 11) is -3.19. The van der Waals surface area contributed by atoms with Crippen molar-refractivity contribution in [3.63, 3.8) is 0 Å². The Kier molecular flexibility index (Phi) is 6.21. The van der Waals surface area contributed by atoms with Crippen LogP contribution in [0, 0.1) is 0 Å². The minimum atomic E-state index is -3.19. The fourth-order valence-electron chi connectivity index (χ4n) is 3.50. The highest BCUT2D eigenvalue weighted by Gasteiger charge is 2.35. The Morgan fingerprint density at radius 3 is 2.46 bits per heavy atom. The number of sulfonamides is 1. The molecule has 10 heteroatoms. The molecule has 2 heterocycles. The summed E-state index contributed by atoms with van der Waals surface area (Å²) in [5.41, 5.74) is 0.761. The zero-order valence-electron chi connectivity index (χ0n) is 15.5. The first kappa shape index (κ1) is 20.9. The summed E-state index contributed by atoms with van der Waals surface area (Å²) in [6, 6.07) is 4.92. The molecule has 3 rings (SSSR count). The summed E-state index contributed by atoms with van der Waals surface area (Å²) >= 11 is 3.29. The molecule has 2 aliphatic heterocycles. The van der Waals surface area contributed by atoms with E-state index in [0.29, 0.717) is 43.5 Å². The number of rotatable bonds is 6. The topological polar surface area (TPSA) is 104 Å². The SMILES string of the molecule is CS(=O)(=O)N1CCC(NC(=O)CCCN2C(=O)c3ccc(Br)cc3C2=O)CC1. The first-order valence-corrected chi connectivity index (χ1v) is 11.7. The number of halogens is 1. The van der Waals surface area contributed by atoms with Crippen molar-refractivity contribution >= 4 is 43.7 Å². The largest absolute Gasteiger partial charge is 0.353 e. The second-order valence-corrected chi connectivity index (χ2v) is 9.96. The number of hydrogen-bond acceptors (Lipinski definition) is 5. The molecule has 0 unspecified atom stereocenters. The van der Waals surface area contributed by atoms with Crippen molar-refractivity contribution in [3.05, 3.63) is 33.8 Å². The maximum absolute atomic E-state index is 12.4. The smallest absolute Gasteiger partial charge is 0.261 e. The van der Waals surface area contributed by atoms with Crippen molar-refractivity contribution in [2.24, 2.45) is 0 Å². The van der Waals surface area contributed by atoms with Crippen molar-refractivity contribution < 1.29 is 22.8 Å². The third kappa shape index (κ3) is 4.61. The lowest BCUT2D eigenvalue weighted by Crippen LogP contribution is -2.46. The molecule has 1 aromatic rings. The average molecular weight is 472 g/mol. The van der Waals surface area contributed by atoms with Crippen LogP contribution in [-0.2, 0) is 14.8 Å². The second-order valence-electron chi connectivity index (χ2n) is 7.06. The molecule has 1 saturated heterocycles. The highest BCUT2D eigenvalue weighted by molar-refractivity contribution is 9.10. The number of fused-ring (bicyclic) bond motifs is 1. The lowest BCUT2D eigenvalue weighted by atomic mass is 10.1. The summed E-state index contributed by atoms with van der Waals surface area (Å²) in [5.74, 6) is -0.826. The molecule has 0 spiro atoms. The van der Waals surface area contributed by atoms with E-state index in [0.717, 1.165) is 4.47 Å². The molecule has 1 fully saturated rings. The average Bonchev–Trinajstić information content (AvgIpc) is 2.85. The van der Waals surface area contributed by atoms with E-state index < -0.39 is 10.0 Å². The third-order valence-corrected chi connectivity index (χ3v) is 6.80. The van der Waals surface area contributed by atoms with Crippen LogP contribution in [0.25, 0.3) is 0 Å². The molecule has 1 aromatic carbocycles. The van der Waals surface area contributed by atoms with Crippen LogP contribution in [0.4, 0.5) is 0 Å². The summed E-state index contributed by atoms with van der Waals surface area (Å²) in [6.07, 6.45) is 2.91. The monoisotopic (exact) mass is 471 g/mol. The Balaban J connectivity index is 1.44. The van der Waals surface area contributed by atoms with E-state index >= 15 is 0 Å². The van der Waals surface area contributed by atoms with Gasteiger partial charge in [-0.15, -0.1) is 0 Å². The Morgan fingerprint density at radius 2 is 1.82 bits per heavy atom. The molecule has 0 bridgehead atoms. The first-order chi connectivity index (χ1) is 13.2. The maximum Gasteiger partial charge on any atom is 0.261 e. The Morgan fingerprint density at radius 1 is 1.18 bits per heavy atom. The zero-order valence-corrected chi connectivity index (χ0v) is 17.9. The van der Waals surface area contributed by atoms with Gasteiger partial charge in [-0.05, 0) is 37.5 Å². The molecule has 28 heavy (non-hydrogen) atoms. The number of benzene rings is 1. The predicted molar refractivity (Wildman–Crippen MR) is 106 cm³/mol. The Bertz CT molecular complexity index is 910. The third-order valence-electron chi connectivity index (χ3n) is 5.01. The van der Waals surface area contributed by atoms with Crippen LogP contribution in [-0.4, -0.2) is 67.3 Å². The number of imide groups is 1. The van der Waals surface area contributed by atoms with E-state index in [1.165, 1.54) is 15.5 Å². The fraction of sp³-hybridized carbons (Fsp3) is 0.500. The first-order valence-electron chi connectivity index (χ1n) is 9.07. The van der Waals surface area contributed by atoms with E-state index in [2.05, 4.69) is 21.2 Å². The number of amides is 3. The van der Waals surface area contributed by atoms with Gasteiger partial charge in [0.05, 0.1) is 17.4 Å². The van der Waals surface area contributed by atoms with Crippen LogP contribution in [0.3, 0.4) is 0 Å². The molecule has 3 amide bonds. The minimum Gasteiger partial charge on any atom is -0.353 e. The normalized spacial score (nSPS) is 18.4. The molecular weight excluding hydrogens is 450 g/mol. The van der Waals surface area contributed by atoms with Gasteiger partial charge in [0.15, 0.2) is 0 Å². The van der Waals surface area contributed by atoms with Crippen LogP contribution in [0.2, 0.25) is 0 Å². The molecule has 2 aliphatic rings. The maximum atomic E-state index is 12.4. The summed E-state index contributed by atoms with van der Waals surface area (Å²) in [5, 5.41) is 2.91. The molecular formula is C18H22BrN3O5S. The van der Waals surface area contributed by atoms with Gasteiger partial charge in [-0.1, -0.05) is 15.9 Å². The lowest BCUT2D eigenvalue weighted by Gasteiger charge is -2.30. The van der Waals surface area contributed by atoms with E-state index in [4.69, 9.17) is 0 Å². The predicted octanol–water partition coefficient (Wildman–Crippen LogP) is 1.37. The number of carbonyl (C=O) groups excluding carboxylic acids is 3. The van der Waals surface area contributed by atoms with Crippen LogP contribution < -0.4 is 5.32 Å².